The number of aliphatic carboxylic acids is 1. The predicted molar refractivity (Wildman–Crippen MR) is 98.9 cm³/mol. The van der Waals surface area contributed by atoms with E-state index in [1.807, 2.05) is 36.9 Å². The highest BCUT2D eigenvalue weighted by molar-refractivity contribution is 8.16. The SMILES string of the molecule is Cc1cc(C)cc(N2C(=NC(=O)CCC(=O)[O-])S[C@@H]3CS(=O)(=O)C[C@@H]32)c1. The quantitative estimate of drug-likeness (QED) is 0.728. The van der Waals surface area contributed by atoms with Gasteiger partial charge in [0.1, 0.15) is 0 Å². The van der Waals surface area contributed by atoms with Crippen LogP contribution in [-0.2, 0) is 19.4 Å². The molecular formula is C17H19N2O5S2-. The van der Waals surface area contributed by atoms with E-state index in [0.717, 1.165) is 16.8 Å². The maximum atomic E-state index is 12.0. The summed E-state index contributed by atoms with van der Waals surface area (Å²) in [5, 5.41) is 10.8. The fourth-order valence-electron chi connectivity index (χ4n) is 3.33. The minimum absolute atomic E-state index is 0.0178. The first-order valence-corrected chi connectivity index (χ1v) is 10.9. The lowest BCUT2D eigenvalue weighted by molar-refractivity contribution is -0.305. The molecule has 0 bridgehead atoms. The number of aryl methyl sites for hydroxylation is 2. The molecule has 0 N–H and O–H groups in total. The Labute approximate surface area is 156 Å². The molecule has 9 heteroatoms. The molecule has 2 heterocycles. The summed E-state index contributed by atoms with van der Waals surface area (Å²) in [5.41, 5.74) is 2.85. The summed E-state index contributed by atoms with van der Waals surface area (Å²) >= 11 is 1.27. The number of carbonyl (C=O) groups is 2. The zero-order valence-corrected chi connectivity index (χ0v) is 16.1. The minimum atomic E-state index is -3.13. The number of carboxylic acid groups (broad SMARTS) is 1. The average molecular weight is 395 g/mol. The lowest BCUT2D eigenvalue weighted by Crippen LogP contribution is -2.37. The van der Waals surface area contributed by atoms with Gasteiger partial charge in [-0.2, -0.15) is 4.99 Å². The van der Waals surface area contributed by atoms with Crippen molar-refractivity contribution in [1.82, 2.24) is 0 Å². The Hall–Kier alpha value is -1.87. The number of sulfone groups is 1. The molecule has 140 valence electrons. The van der Waals surface area contributed by atoms with Gasteiger partial charge in [0.05, 0.1) is 17.5 Å². The summed E-state index contributed by atoms with van der Waals surface area (Å²) in [5.74, 6) is -1.78. The number of benzene rings is 1. The second-order valence-corrected chi connectivity index (χ2v) is 10.0. The van der Waals surface area contributed by atoms with Gasteiger partial charge in [0.25, 0.3) is 0 Å². The number of carbonyl (C=O) groups excluding carboxylic acids is 2. The van der Waals surface area contributed by atoms with Crippen molar-refractivity contribution >= 4 is 44.3 Å². The van der Waals surface area contributed by atoms with E-state index in [-0.39, 0.29) is 35.6 Å². The Balaban J connectivity index is 1.96. The van der Waals surface area contributed by atoms with Crippen LogP contribution in [0.2, 0.25) is 0 Å². The fourth-order valence-corrected chi connectivity index (χ4v) is 7.26. The number of thioether (sulfide) groups is 1. The standard InChI is InChI=1S/C17H20N2O5S2/c1-10-5-11(2)7-12(6-10)19-13-8-26(23,24)9-14(13)25-17(19)18-15(20)3-4-16(21)22/h5-7,13-14H,3-4,8-9H2,1-2H3,(H,21,22)/p-1/t13-,14+/m0/s1. The van der Waals surface area contributed by atoms with E-state index < -0.39 is 21.7 Å². The van der Waals surface area contributed by atoms with Crippen LogP contribution in [0.15, 0.2) is 23.2 Å². The molecule has 2 fully saturated rings. The molecule has 1 amide bonds. The highest BCUT2D eigenvalue weighted by Gasteiger charge is 2.49. The van der Waals surface area contributed by atoms with Crippen molar-refractivity contribution in [3.8, 4) is 0 Å². The summed E-state index contributed by atoms with van der Waals surface area (Å²) < 4.78 is 24.1. The highest BCUT2D eigenvalue weighted by atomic mass is 32.2. The molecule has 2 atom stereocenters. The topological polar surface area (TPSA) is 107 Å². The molecule has 2 aliphatic heterocycles. The van der Waals surface area contributed by atoms with Crippen LogP contribution in [0.3, 0.4) is 0 Å². The van der Waals surface area contributed by atoms with Crippen LogP contribution in [0.4, 0.5) is 5.69 Å². The number of carboxylic acids is 1. The first-order chi connectivity index (χ1) is 12.1. The normalized spacial score (nSPS) is 25.5. The Morgan fingerprint density at radius 1 is 1.19 bits per heavy atom. The van der Waals surface area contributed by atoms with Crippen molar-refractivity contribution in [2.45, 2.75) is 38.0 Å². The van der Waals surface area contributed by atoms with Crippen molar-refractivity contribution in [3.05, 3.63) is 29.3 Å². The third-order valence-electron chi connectivity index (χ3n) is 4.31. The van der Waals surface area contributed by atoms with E-state index in [1.165, 1.54) is 11.8 Å². The van der Waals surface area contributed by atoms with Crippen LogP contribution in [0.1, 0.15) is 24.0 Å². The smallest absolute Gasteiger partial charge is 0.248 e. The summed E-state index contributed by atoms with van der Waals surface area (Å²) in [4.78, 5) is 28.5. The van der Waals surface area contributed by atoms with Crippen LogP contribution in [0.5, 0.6) is 0 Å². The summed E-state index contributed by atoms with van der Waals surface area (Å²) in [6.45, 7) is 3.90. The van der Waals surface area contributed by atoms with Gasteiger partial charge in [-0.3, -0.25) is 4.79 Å². The molecule has 2 aliphatic rings. The maximum Gasteiger partial charge on any atom is 0.248 e. The monoisotopic (exact) mass is 395 g/mol. The summed E-state index contributed by atoms with van der Waals surface area (Å²) in [6, 6.07) is 5.60. The van der Waals surface area contributed by atoms with E-state index in [2.05, 4.69) is 4.99 Å². The van der Waals surface area contributed by atoms with Crippen LogP contribution >= 0.6 is 11.8 Å². The van der Waals surface area contributed by atoms with Gasteiger partial charge in [-0.25, -0.2) is 8.42 Å². The van der Waals surface area contributed by atoms with E-state index in [0.29, 0.717) is 5.17 Å². The van der Waals surface area contributed by atoms with Gasteiger partial charge in [-0.15, -0.1) is 0 Å². The van der Waals surface area contributed by atoms with Crippen molar-refractivity contribution in [3.63, 3.8) is 0 Å². The molecule has 0 aliphatic carbocycles. The zero-order chi connectivity index (χ0) is 19.1. The molecule has 1 aromatic rings. The number of fused-ring (bicyclic) bond motifs is 1. The van der Waals surface area contributed by atoms with Gasteiger partial charge in [0.2, 0.25) is 5.91 Å². The molecule has 0 radical (unpaired) electrons. The third-order valence-corrected chi connectivity index (χ3v) is 7.52. The molecule has 3 rings (SSSR count). The zero-order valence-electron chi connectivity index (χ0n) is 14.5. The Bertz CT molecular complexity index is 874. The van der Waals surface area contributed by atoms with Crippen LogP contribution in [0, 0.1) is 13.8 Å². The van der Waals surface area contributed by atoms with E-state index in [1.54, 1.807) is 0 Å². The number of amides is 1. The highest BCUT2D eigenvalue weighted by Crippen LogP contribution is 2.41. The minimum Gasteiger partial charge on any atom is -0.550 e. The van der Waals surface area contributed by atoms with E-state index >= 15 is 0 Å². The predicted octanol–water partition coefficient (Wildman–Crippen LogP) is 0.435. The molecule has 1 aromatic carbocycles. The van der Waals surface area contributed by atoms with Gasteiger partial charge < -0.3 is 14.8 Å². The number of hydrogen-bond acceptors (Lipinski definition) is 6. The third kappa shape index (κ3) is 4.09. The summed E-state index contributed by atoms with van der Waals surface area (Å²) in [6.07, 6.45) is -0.619. The first kappa shape index (κ1) is 18.9. The van der Waals surface area contributed by atoms with Gasteiger partial charge in [-0.05, 0) is 43.5 Å². The van der Waals surface area contributed by atoms with Gasteiger partial charge in [0.15, 0.2) is 15.0 Å². The van der Waals surface area contributed by atoms with Crippen molar-refractivity contribution in [2.75, 3.05) is 16.4 Å². The van der Waals surface area contributed by atoms with E-state index in [9.17, 15) is 23.1 Å². The molecule has 26 heavy (non-hydrogen) atoms. The van der Waals surface area contributed by atoms with Crippen LogP contribution in [0.25, 0.3) is 0 Å². The largest absolute Gasteiger partial charge is 0.550 e. The first-order valence-electron chi connectivity index (χ1n) is 8.20. The second kappa shape index (κ2) is 7.03. The number of hydrogen-bond donors (Lipinski definition) is 0. The van der Waals surface area contributed by atoms with Crippen LogP contribution in [-0.4, -0.2) is 48.3 Å². The van der Waals surface area contributed by atoms with Crippen molar-refractivity contribution < 1.29 is 23.1 Å². The Kier molecular flexibility index (Phi) is 5.12. The van der Waals surface area contributed by atoms with Gasteiger partial charge in [-0.1, -0.05) is 17.8 Å². The Morgan fingerprint density at radius 2 is 1.85 bits per heavy atom. The lowest BCUT2D eigenvalue weighted by atomic mass is 10.1. The number of rotatable bonds is 4. The number of aliphatic imine (C=N–C) groups is 1. The molecule has 0 spiro atoms. The van der Waals surface area contributed by atoms with E-state index in [4.69, 9.17) is 0 Å². The second-order valence-electron chi connectivity index (χ2n) is 6.68. The van der Waals surface area contributed by atoms with Gasteiger partial charge in [0, 0.05) is 23.3 Å². The maximum absolute atomic E-state index is 12.0. The summed E-state index contributed by atoms with van der Waals surface area (Å²) in [7, 11) is -3.13. The lowest BCUT2D eigenvalue weighted by Gasteiger charge is -2.25. The molecule has 0 unspecified atom stereocenters. The van der Waals surface area contributed by atoms with Crippen molar-refractivity contribution in [2.24, 2.45) is 4.99 Å². The molecule has 2 saturated heterocycles. The van der Waals surface area contributed by atoms with Crippen molar-refractivity contribution in [1.29, 1.82) is 0 Å². The molecule has 7 nitrogen and oxygen atoms in total. The Morgan fingerprint density at radius 3 is 2.46 bits per heavy atom. The molecular weight excluding hydrogens is 376 g/mol. The number of anilines is 1. The van der Waals surface area contributed by atoms with Gasteiger partial charge >= 0.3 is 0 Å². The molecule has 0 saturated carbocycles. The number of amidine groups is 1. The number of nitrogens with zero attached hydrogens (tertiary/aromatic N) is 2. The fraction of sp³-hybridized carbons (Fsp3) is 0.471. The van der Waals surface area contributed by atoms with Crippen LogP contribution < -0.4 is 10.0 Å². The average Bonchev–Trinajstić information content (AvgIpc) is 2.94. The molecule has 0 aromatic heterocycles.